The number of piperidine rings is 3. The average Bonchev–Trinajstić information content (AvgIpc) is 3.30. The van der Waals surface area contributed by atoms with Crippen LogP contribution in [0.3, 0.4) is 0 Å². The van der Waals surface area contributed by atoms with Crippen molar-refractivity contribution in [1.82, 2.24) is 9.80 Å². The third-order valence-electron chi connectivity index (χ3n) is 9.41. The molecule has 1 saturated carbocycles. The van der Waals surface area contributed by atoms with E-state index < -0.39 is 5.41 Å². The zero-order valence-electron chi connectivity index (χ0n) is 22.6. The Labute approximate surface area is 231 Å². The van der Waals surface area contributed by atoms with Gasteiger partial charge in [-0.2, -0.15) is 0 Å². The van der Waals surface area contributed by atoms with Gasteiger partial charge < -0.3 is 9.64 Å². The molecule has 4 aliphatic heterocycles. The van der Waals surface area contributed by atoms with E-state index in [4.69, 9.17) is 4.74 Å². The third kappa shape index (κ3) is 5.19. The topological polar surface area (TPSA) is 66.9 Å². The molecule has 0 unspecified atom stereocenters. The van der Waals surface area contributed by atoms with Crippen molar-refractivity contribution in [1.29, 1.82) is 0 Å². The van der Waals surface area contributed by atoms with Crippen molar-refractivity contribution in [3.05, 3.63) is 76.4 Å². The van der Waals surface area contributed by atoms with Gasteiger partial charge >= 0.3 is 5.97 Å². The fourth-order valence-electron chi connectivity index (χ4n) is 7.11. The van der Waals surface area contributed by atoms with Crippen LogP contribution in [0.25, 0.3) is 6.08 Å². The number of nitrogens with zero attached hydrogens (tertiary/aromatic N) is 2. The van der Waals surface area contributed by atoms with Crippen molar-refractivity contribution in [2.24, 2.45) is 5.92 Å². The zero-order chi connectivity index (χ0) is 26.8. The highest BCUT2D eigenvalue weighted by Crippen LogP contribution is 2.42. The maximum atomic E-state index is 13.8. The molecule has 5 aliphatic rings. The molecule has 1 atom stereocenters. The van der Waals surface area contributed by atoms with Crippen LogP contribution in [0.5, 0.6) is 0 Å². The molecule has 0 aromatic heterocycles. The van der Waals surface area contributed by atoms with Crippen LogP contribution in [-0.2, 0) is 21.5 Å². The van der Waals surface area contributed by atoms with Gasteiger partial charge in [0.15, 0.2) is 0 Å². The largest absolute Gasteiger partial charge is 0.460 e. The molecular formula is C33H38N2O4. The lowest BCUT2D eigenvalue weighted by Crippen LogP contribution is -2.53. The number of benzene rings is 2. The van der Waals surface area contributed by atoms with E-state index in [0.717, 1.165) is 87.6 Å². The number of fused-ring (bicyclic) bond motifs is 4. The van der Waals surface area contributed by atoms with Crippen LogP contribution in [0, 0.1) is 5.92 Å². The highest BCUT2D eigenvalue weighted by atomic mass is 16.5. The van der Waals surface area contributed by atoms with E-state index in [2.05, 4.69) is 41.3 Å². The molecule has 2 aromatic carbocycles. The Morgan fingerprint density at radius 2 is 1.85 bits per heavy atom. The van der Waals surface area contributed by atoms with Crippen LogP contribution < -0.4 is 0 Å². The van der Waals surface area contributed by atoms with Gasteiger partial charge in [0.2, 0.25) is 0 Å². The molecule has 6 nitrogen and oxygen atoms in total. The summed E-state index contributed by atoms with van der Waals surface area (Å²) in [6.45, 7) is 4.33. The number of carbonyl (C=O) groups excluding carboxylic acids is 3. The molecule has 3 saturated heterocycles. The van der Waals surface area contributed by atoms with Gasteiger partial charge in [0.25, 0.3) is 5.91 Å². The summed E-state index contributed by atoms with van der Waals surface area (Å²) in [6.07, 6.45) is 13.0. The Morgan fingerprint density at radius 1 is 1.03 bits per heavy atom. The van der Waals surface area contributed by atoms with Crippen LogP contribution >= 0.6 is 0 Å². The molecule has 39 heavy (non-hydrogen) atoms. The van der Waals surface area contributed by atoms with Crippen molar-refractivity contribution < 1.29 is 19.1 Å². The Bertz CT molecular complexity index is 1270. The van der Waals surface area contributed by atoms with E-state index in [0.29, 0.717) is 30.1 Å². The predicted molar refractivity (Wildman–Crippen MR) is 150 cm³/mol. The molecule has 1 aliphatic carbocycles. The lowest BCUT2D eigenvalue weighted by atomic mass is 9.69. The summed E-state index contributed by atoms with van der Waals surface area (Å²) in [4.78, 5) is 41.9. The lowest BCUT2D eigenvalue weighted by molar-refractivity contribution is -0.167. The smallest absolute Gasteiger partial charge is 0.316 e. The first kappa shape index (κ1) is 26.0. The van der Waals surface area contributed by atoms with Crippen LogP contribution in [0.1, 0.15) is 88.8 Å². The van der Waals surface area contributed by atoms with Crippen molar-refractivity contribution in [3.8, 4) is 0 Å². The number of aldehydes is 1. The Kier molecular flexibility index (Phi) is 7.39. The molecular weight excluding hydrogens is 488 g/mol. The number of ether oxygens (including phenoxy) is 1. The molecule has 204 valence electrons. The van der Waals surface area contributed by atoms with Crippen LogP contribution in [0.15, 0.2) is 48.5 Å². The van der Waals surface area contributed by atoms with Gasteiger partial charge in [-0.05, 0) is 79.9 Å². The molecule has 2 aromatic rings. The minimum absolute atomic E-state index is 0.0214. The second-order valence-electron chi connectivity index (χ2n) is 11.8. The van der Waals surface area contributed by atoms with Crippen molar-refractivity contribution in [2.75, 3.05) is 26.2 Å². The average molecular weight is 527 g/mol. The highest BCUT2D eigenvalue weighted by Gasteiger charge is 2.45. The van der Waals surface area contributed by atoms with Gasteiger partial charge in [0.05, 0.1) is 5.41 Å². The summed E-state index contributed by atoms with van der Waals surface area (Å²) < 4.78 is 6.31. The molecule has 0 radical (unpaired) electrons. The SMILES string of the molecule is O=Cc1ccc2c(c1)CN(CCC=Cc1cccc(C3(C(=O)O[C@H]4CN5CCC4CC5)CCCCC3)c1)C2=O. The van der Waals surface area contributed by atoms with Gasteiger partial charge in [0.1, 0.15) is 12.4 Å². The summed E-state index contributed by atoms with van der Waals surface area (Å²) >= 11 is 0. The number of hydrogen-bond donors (Lipinski definition) is 0. The van der Waals surface area contributed by atoms with E-state index in [1.807, 2.05) is 11.0 Å². The van der Waals surface area contributed by atoms with E-state index in [1.54, 1.807) is 12.1 Å². The molecule has 2 bridgehead atoms. The quantitative estimate of drug-likeness (QED) is 0.341. The monoisotopic (exact) mass is 526 g/mol. The lowest BCUT2D eigenvalue weighted by Gasteiger charge is -2.45. The Morgan fingerprint density at radius 3 is 2.59 bits per heavy atom. The first-order valence-corrected chi connectivity index (χ1v) is 14.6. The molecule has 1 amide bonds. The first-order chi connectivity index (χ1) is 19.1. The fraction of sp³-hybridized carbons (Fsp3) is 0.485. The summed E-state index contributed by atoms with van der Waals surface area (Å²) in [5, 5.41) is 0. The second-order valence-corrected chi connectivity index (χ2v) is 11.8. The fourth-order valence-corrected chi connectivity index (χ4v) is 7.11. The normalized spacial score (nSPS) is 25.6. The maximum Gasteiger partial charge on any atom is 0.316 e. The minimum Gasteiger partial charge on any atom is -0.460 e. The van der Waals surface area contributed by atoms with E-state index in [9.17, 15) is 14.4 Å². The first-order valence-electron chi connectivity index (χ1n) is 14.6. The second kappa shape index (κ2) is 11.1. The molecule has 4 fully saturated rings. The van der Waals surface area contributed by atoms with Crippen LogP contribution in [0.2, 0.25) is 0 Å². The Hall–Kier alpha value is -3.25. The standard InChI is InChI=1S/C33H38N2O4/c36-23-25-10-11-29-27(19-25)21-35(31(29)37)16-5-2-7-24-8-6-9-28(20-24)33(14-3-1-4-15-33)32(38)39-30-22-34-17-12-26(30)13-18-34/h2,6-11,19-20,23,26,30H,1,3-5,12-18,21-22H2/t30-/m0/s1. The van der Waals surface area contributed by atoms with Gasteiger partial charge in [-0.1, -0.05) is 61.7 Å². The Balaban J connectivity index is 1.12. The van der Waals surface area contributed by atoms with Gasteiger partial charge in [-0.15, -0.1) is 0 Å². The number of amides is 1. The van der Waals surface area contributed by atoms with E-state index in [1.165, 1.54) is 6.42 Å². The number of esters is 1. The van der Waals surface area contributed by atoms with Crippen molar-refractivity contribution in [3.63, 3.8) is 0 Å². The van der Waals surface area contributed by atoms with Gasteiger partial charge in [-0.25, -0.2) is 0 Å². The zero-order valence-corrected chi connectivity index (χ0v) is 22.6. The van der Waals surface area contributed by atoms with E-state index >= 15 is 0 Å². The third-order valence-corrected chi connectivity index (χ3v) is 9.41. The van der Waals surface area contributed by atoms with Crippen LogP contribution in [0.4, 0.5) is 0 Å². The van der Waals surface area contributed by atoms with Gasteiger partial charge in [-0.3, -0.25) is 19.3 Å². The predicted octanol–water partition coefficient (Wildman–Crippen LogP) is 5.40. The number of rotatable bonds is 8. The highest BCUT2D eigenvalue weighted by molar-refractivity contribution is 5.99. The minimum atomic E-state index is -0.553. The van der Waals surface area contributed by atoms with Crippen molar-refractivity contribution >= 4 is 24.2 Å². The number of carbonyl (C=O) groups is 3. The molecule has 0 N–H and O–H groups in total. The molecule has 0 spiro atoms. The summed E-state index contributed by atoms with van der Waals surface area (Å²) in [7, 11) is 0. The summed E-state index contributed by atoms with van der Waals surface area (Å²) in [5.41, 5.74) is 3.81. The summed E-state index contributed by atoms with van der Waals surface area (Å²) in [5.74, 6) is 0.515. The maximum absolute atomic E-state index is 13.8. The summed E-state index contributed by atoms with van der Waals surface area (Å²) in [6, 6.07) is 13.7. The van der Waals surface area contributed by atoms with Crippen LogP contribution in [-0.4, -0.2) is 60.2 Å². The van der Waals surface area contributed by atoms with E-state index in [-0.39, 0.29) is 18.0 Å². The van der Waals surface area contributed by atoms with Gasteiger partial charge in [0, 0.05) is 30.8 Å². The molecule has 7 rings (SSSR count). The number of hydrogen-bond acceptors (Lipinski definition) is 5. The molecule has 6 heteroatoms. The molecule has 4 heterocycles. The van der Waals surface area contributed by atoms with Crippen molar-refractivity contribution in [2.45, 2.75) is 69.4 Å².